The van der Waals surface area contributed by atoms with Crippen LogP contribution < -0.4 is 0 Å². The number of morpholine rings is 1. The van der Waals surface area contributed by atoms with Gasteiger partial charge in [-0.15, -0.1) is 0 Å². The smallest absolute Gasteiger partial charge is 0.164 e. The van der Waals surface area contributed by atoms with Crippen molar-refractivity contribution in [1.29, 1.82) is 0 Å². The van der Waals surface area contributed by atoms with Gasteiger partial charge < -0.3 is 14.7 Å². The molecule has 2 aliphatic heterocycles. The zero-order valence-corrected chi connectivity index (χ0v) is 13.4. The maximum absolute atomic E-state index is 12.3. The third kappa shape index (κ3) is 4.08. The van der Waals surface area contributed by atoms with Crippen molar-refractivity contribution in [3.8, 4) is 5.75 Å². The molecule has 1 aromatic carbocycles. The molecule has 0 radical (unpaired) electrons. The Morgan fingerprint density at radius 3 is 2.71 bits per heavy atom. The summed E-state index contributed by atoms with van der Waals surface area (Å²) >= 11 is 0. The first kappa shape index (κ1) is 16.4. The molecule has 1 saturated heterocycles. The minimum Gasteiger partial charge on any atom is -0.508 e. The summed E-state index contributed by atoms with van der Waals surface area (Å²) < 4.78 is 5.31. The van der Waals surface area contributed by atoms with E-state index in [-0.39, 0.29) is 36.6 Å². The van der Waals surface area contributed by atoms with Crippen LogP contribution in [-0.4, -0.2) is 53.6 Å². The average Bonchev–Trinajstić information content (AvgIpc) is 2.57. The Labute approximate surface area is 140 Å². The number of allylic oxidation sites excluding steroid dienone is 1. The van der Waals surface area contributed by atoms with E-state index in [9.17, 15) is 14.7 Å². The van der Waals surface area contributed by atoms with Gasteiger partial charge in [0.25, 0.3) is 0 Å². The summed E-state index contributed by atoms with van der Waals surface area (Å²) in [7, 11) is 0. The second kappa shape index (κ2) is 7.40. The second-order valence-corrected chi connectivity index (χ2v) is 5.94. The minimum atomic E-state index is -0.0636. The number of phenols is 1. The van der Waals surface area contributed by atoms with Gasteiger partial charge in [-0.1, -0.05) is 18.2 Å². The zero-order chi connectivity index (χ0) is 16.9. The Bertz CT molecular complexity index is 703. The van der Waals surface area contributed by atoms with Gasteiger partial charge in [-0.3, -0.25) is 9.59 Å². The van der Waals surface area contributed by atoms with E-state index in [4.69, 9.17) is 4.74 Å². The molecule has 0 aromatic heterocycles. The Morgan fingerprint density at radius 2 is 1.96 bits per heavy atom. The predicted octanol–water partition coefficient (Wildman–Crippen LogP) is 1.48. The molecule has 1 aromatic rings. The molecule has 0 aliphatic carbocycles. The summed E-state index contributed by atoms with van der Waals surface area (Å²) in [4.78, 5) is 30.7. The first-order chi connectivity index (χ1) is 11.6. The van der Waals surface area contributed by atoms with E-state index in [1.54, 1.807) is 30.3 Å². The first-order valence-electron chi connectivity index (χ1n) is 8.04. The van der Waals surface area contributed by atoms with Gasteiger partial charge in [0.05, 0.1) is 13.2 Å². The molecule has 0 unspecified atom stereocenters. The summed E-state index contributed by atoms with van der Waals surface area (Å²) in [6.45, 7) is 2.62. The maximum atomic E-state index is 12.3. The van der Waals surface area contributed by atoms with Crippen LogP contribution in [0.3, 0.4) is 0 Å². The monoisotopic (exact) mass is 328 g/mol. The Hall–Kier alpha value is -2.47. The van der Waals surface area contributed by atoms with Crippen LogP contribution in [0.1, 0.15) is 18.4 Å². The first-order valence-corrected chi connectivity index (χ1v) is 8.04. The standard InChI is InChI=1S/C18H20N2O4/c21-15(9-13-3-1-2-4-17(13)23)10-14-11-16(22)12-18(19-14)20-5-7-24-8-6-20/h1-4,12,23H,5-11H2. The molecular formula is C18H20N2O4. The molecule has 6 heteroatoms. The van der Waals surface area contributed by atoms with Crippen LogP contribution in [0.2, 0.25) is 0 Å². The van der Waals surface area contributed by atoms with Crippen molar-refractivity contribution in [2.45, 2.75) is 19.3 Å². The summed E-state index contributed by atoms with van der Waals surface area (Å²) in [6, 6.07) is 6.78. The number of rotatable bonds is 5. The van der Waals surface area contributed by atoms with Crippen molar-refractivity contribution in [1.82, 2.24) is 4.90 Å². The number of aromatic hydroxyl groups is 1. The van der Waals surface area contributed by atoms with Crippen LogP contribution in [-0.2, 0) is 20.7 Å². The second-order valence-electron chi connectivity index (χ2n) is 5.94. The van der Waals surface area contributed by atoms with Crippen LogP contribution in [0.15, 0.2) is 41.2 Å². The fraction of sp³-hybridized carbons (Fsp3) is 0.389. The summed E-state index contributed by atoms with van der Waals surface area (Å²) in [5.74, 6) is 0.643. The number of phenolic OH excluding ortho intramolecular Hbond substituents is 1. The number of hydrogen-bond donors (Lipinski definition) is 1. The summed E-state index contributed by atoms with van der Waals surface area (Å²) in [5.41, 5.74) is 1.18. The molecule has 3 rings (SSSR count). The van der Waals surface area contributed by atoms with Crippen LogP contribution >= 0.6 is 0 Å². The van der Waals surface area contributed by atoms with Gasteiger partial charge in [0.15, 0.2) is 5.78 Å². The number of hydrogen-bond acceptors (Lipinski definition) is 6. The lowest BCUT2D eigenvalue weighted by Crippen LogP contribution is -2.36. The number of carbonyl (C=O) groups is 2. The molecule has 0 atom stereocenters. The third-order valence-electron chi connectivity index (χ3n) is 4.06. The fourth-order valence-corrected chi connectivity index (χ4v) is 2.85. The highest BCUT2D eigenvalue weighted by Gasteiger charge is 2.21. The number of Topliss-reactive ketones (excluding diaryl/α,β-unsaturated/α-hetero) is 1. The molecule has 6 nitrogen and oxygen atoms in total. The van der Waals surface area contributed by atoms with Gasteiger partial charge in [-0.25, -0.2) is 4.99 Å². The lowest BCUT2D eigenvalue weighted by Gasteiger charge is -2.30. The van der Waals surface area contributed by atoms with Crippen LogP contribution in [0.25, 0.3) is 0 Å². The Balaban J connectivity index is 1.66. The molecule has 126 valence electrons. The number of aliphatic imine (C=N–C) groups is 1. The highest BCUT2D eigenvalue weighted by molar-refractivity contribution is 6.14. The largest absolute Gasteiger partial charge is 0.508 e. The van der Waals surface area contributed by atoms with E-state index >= 15 is 0 Å². The average molecular weight is 328 g/mol. The highest BCUT2D eigenvalue weighted by Crippen LogP contribution is 2.19. The van der Waals surface area contributed by atoms with Gasteiger partial charge in [-0.2, -0.15) is 0 Å². The molecule has 0 bridgehead atoms. The molecule has 0 saturated carbocycles. The van der Waals surface area contributed by atoms with Crippen LogP contribution in [0.4, 0.5) is 0 Å². The lowest BCUT2D eigenvalue weighted by atomic mass is 10.0. The van der Waals surface area contributed by atoms with E-state index in [1.165, 1.54) is 0 Å². The predicted molar refractivity (Wildman–Crippen MR) is 89.0 cm³/mol. The van der Waals surface area contributed by atoms with Crippen molar-refractivity contribution < 1.29 is 19.4 Å². The van der Waals surface area contributed by atoms with E-state index in [0.29, 0.717) is 43.4 Å². The Morgan fingerprint density at radius 1 is 1.21 bits per heavy atom. The lowest BCUT2D eigenvalue weighted by molar-refractivity contribution is -0.117. The highest BCUT2D eigenvalue weighted by atomic mass is 16.5. The molecule has 2 heterocycles. The van der Waals surface area contributed by atoms with Gasteiger partial charge in [0.2, 0.25) is 0 Å². The molecule has 1 N–H and O–H groups in total. The number of ether oxygens (including phenoxy) is 1. The number of ketones is 2. The number of nitrogens with zero attached hydrogens (tertiary/aromatic N) is 2. The maximum Gasteiger partial charge on any atom is 0.164 e. The fourth-order valence-electron chi connectivity index (χ4n) is 2.85. The SMILES string of the molecule is O=C1C=C(N2CCOCC2)N=C(CC(=O)Cc2ccccc2O)C1. The molecule has 0 amide bonds. The van der Waals surface area contributed by atoms with E-state index in [1.807, 2.05) is 4.90 Å². The van der Waals surface area contributed by atoms with E-state index in [0.717, 1.165) is 0 Å². The normalized spacial score (nSPS) is 18.2. The van der Waals surface area contributed by atoms with Gasteiger partial charge in [0.1, 0.15) is 17.4 Å². The molecule has 1 fully saturated rings. The molecular weight excluding hydrogens is 308 g/mol. The van der Waals surface area contributed by atoms with Gasteiger partial charge in [-0.05, 0) is 6.07 Å². The van der Waals surface area contributed by atoms with E-state index in [2.05, 4.69) is 4.99 Å². The third-order valence-corrected chi connectivity index (χ3v) is 4.06. The van der Waals surface area contributed by atoms with Crippen molar-refractivity contribution in [2.75, 3.05) is 26.3 Å². The zero-order valence-electron chi connectivity index (χ0n) is 13.4. The van der Waals surface area contributed by atoms with Crippen molar-refractivity contribution in [3.63, 3.8) is 0 Å². The topological polar surface area (TPSA) is 79.2 Å². The van der Waals surface area contributed by atoms with E-state index < -0.39 is 0 Å². The molecule has 2 aliphatic rings. The number of para-hydroxylation sites is 1. The van der Waals surface area contributed by atoms with Crippen LogP contribution in [0, 0.1) is 0 Å². The van der Waals surface area contributed by atoms with Crippen molar-refractivity contribution in [3.05, 3.63) is 41.7 Å². The van der Waals surface area contributed by atoms with Gasteiger partial charge in [0, 0.05) is 49.7 Å². The van der Waals surface area contributed by atoms with Crippen LogP contribution in [0.5, 0.6) is 5.75 Å². The number of benzene rings is 1. The molecule has 0 spiro atoms. The quantitative estimate of drug-likeness (QED) is 0.886. The van der Waals surface area contributed by atoms with Crippen molar-refractivity contribution >= 4 is 17.3 Å². The minimum absolute atomic E-state index is 0.0307. The van der Waals surface area contributed by atoms with Gasteiger partial charge >= 0.3 is 0 Å². The number of carbonyl (C=O) groups excluding carboxylic acids is 2. The van der Waals surface area contributed by atoms with Crippen molar-refractivity contribution in [2.24, 2.45) is 4.99 Å². The summed E-state index contributed by atoms with van der Waals surface area (Å²) in [5, 5.41) is 9.76. The summed E-state index contributed by atoms with van der Waals surface area (Å²) in [6.07, 6.45) is 1.99. The Kier molecular flexibility index (Phi) is 5.05. The molecule has 24 heavy (non-hydrogen) atoms.